The summed E-state index contributed by atoms with van der Waals surface area (Å²) >= 11 is 0. The highest BCUT2D eigenvalue weighted by Crippen LogP contribution is 2.28. The van der Waals surface area contributed by atoms with Gasteiger partial charge in [-0.2, -0.15) is 0 Å². The normalized spacial score (nSPS) is 14.7. The van der Waals surface area contributed by atoms with Crippen LogP contribution in [-0.2, 0) is 6.42 Å². The average molecular weight is 439 g/mol. The molecule has 5 nitrogen and oxygen atoms in total. The highest BCUT2D eigenvalue weighted by atomic mass is 16.3. The second-order valence-corrected chi connectivity index (χ2v) is 8.88. The maximum absolute atomic E-state index is 11.0. The summed E-state index contributed by atoms with van der Waals surface area (Å²) in [6.45, 7) is 5.58. The van der Waals surface area contributed by atoms with E-state index in [0.29, 0.717) is 11.2 Å². The number of nitrogens with zero attached hydrogens (tertiary/aromatic N) is 4. The Morgan fingerprint density at radius 3 is 2.42 bits per heavy atom. The molecule has 4 aromatic rings. The topological polar surface area (TPSA) is 48.8 Å². The summed E-state index contributed by atoms with van der Waals surface area (Å²) in [5, 5.41) is 6.76. The van der Waals surface area contributed by atoms with Crippen LogP contribution in [0.3, 0.4) is 0 Å². The molecule has 1 saturated heterocycles. The van der Waals surface area contributed by atoms with Crippen molar-refractivity contribution in [3.05, 3.63) is 83.4 Å². The number of aryl methyl sites for hydroxylation is 1. The van der Waals surface area contributed by atoms with Gasteiger partial charge in [-0.1, -0.05) is 61.0 Å². The monoisotopic (exact) mass is 438 g/mol. The minimum absolute atomic E-state index is 0.428. The van der Waals surface area contributed by atoms with Gasteiger partial charge in [-0.25, -0.2) is 0 Å². The third kappa shape index (κ3) is 4.88. The van der Waals surface area contributed by atoms with Crippen molar-refractivity contribution in [3.8, 4) is 0 Å². The van der Waals surface area contributed by atoms with E-state index < -0.39 is 0 Å². The minimum atomic E-state index is 0.428. The number of benzene rings is 3. The van der Waals surface area contributed by atoms with Gasteiger partial charge in [0.2, 0.25) is 0 Å². The summed E-state index contributed by atoms with van der Waals surface area (Å²) in [6.07, 6.45) is 4.46. The lowest BCUT2D eigenvalue weighted by Gasteiger charge is -2.36. The lowest BCUT2D eigenvalue weighted by atomic mass is 10.1. The standard InChI is InChI=1S/C28H30N4O/c33-30-26-13-6-10-23-15-16-24(29-28(23)26)11-2-1-5-17-31-18-20-32(21-19-31)27-14-7-9-22-8-3-4-12-25(22)27/h3-4,6-10,12-16H,1-2,5,11,17-21H2. The highest BCUT2D eigenvalue weighted by Gasteiger charge is 2.18. The van der Waals surface area contributed by atoms with Crippen molar-refractivity contribution in [1.82, 2.24) is 9.88 Å². The van der Waals surface area contributed by atoms with Gasteiger partial charge in [0.1, 0.15) is 5.69 Å². The van der Waals surface area contributed by atoms with Gasteiger partial charge < -0.3 is 4.90 Å². The number of rotatable bonds is 8. The molecule has 0 atom stereocenters. The van der Waals surface area contributed by atoms with Crippen molar-refractivity contribution in [3.63, 3.8) is 0 Å². The summed E-state index contributed by atoms with van der Waals surface area (Å²) in [5.41, 5.74) is 3.55. The highest BCUT2D eigenvalue weighted by molar-refractivity contribution is 5.94. The van der Waals surface area contributed by atoms with E-state index in [1.807, 2.05) is 18.2 Å². The fourth-order valence-electron chi connectivity index (χ4n) is 4.90. The molecule has 5 rings (SSSR count). The molecule has 0 saturated carbocycles. The quantitative estimate of drug-likeness (QED) is 0.239. The van der Waals surface area contributed by atoms with Crippen molar-refractivity contribution in [2.24, 2.45) is 5.18 Å². The van der Waals surface area contributed by atoms with Crippen LogP contribution in [0.1, 0.15) is 25.0 Å². The smallest absolute Gasteiger partial charge is 0.134 e. The van der Waals surface area contributed by atoms with Crippen LogP contribution in [-0.4, -0.2) is 42.6 Å². The van der Waals surface area contributed by atoms with E-state index >= 15 is 0 Å². The Bertz CT molecular complexity index is 1240. The number of anilines is 1. The largest absolute Gasteiger partial charge is 0.368 e. The molecule has 0 unspecified atom stereocenters. The fourth-order valence-corrected chi connectivity index (χ4v) is 4.90. The van der Waals surface area contributed by atoms with Crippen LogP contribution >= 0.6 is 0 Å². The molecule has 33 heavy (non-hydrogen) atoms. The van der Waals surface area contributed by atoms with Gasteiger partial charge in [0.25, 0.3) is 0 Å². The predicted molar refractivity (Wildman–Crippen MR) is 137 cm³/mol. The molecule has 1 fully saturated rings. The SMILES string of the molecule is O=Nc1cccc2ccc(CCCCCN3CCN(c4cccc5ccccc45)CC3)nc12. The Morgan fingerprint density at radius 2 is 1.55 bits per heavy atom. The van der Waals surface area contributed by atoms with Gasteiger partial charge in [0.15, 0.2) is 0 Å². The molecule has 1 aromatic heterocycles. The Hall–Kier alpha value is -3.31. The molecule has 0 spiro atoms. The zero-order valence-corrected chi connectivity index (χ0v) is 19.0. The van der Waals surface area contributed by atoms with E-state index in [4.69, 9.17) is 0 Å². The van der Waals surface area contributed by atoms with Crippen LogP contribution < -0.4 is 4.90 Å². The lowest BCUT2D eigenvalue weighted by molar-refractivity contribution is 0.252. The van der Waals surface area contributed by atoms with Crippen molar-refractivity contribution in [2.75, 3.05) is 37.6 Å². The number of fused-ring (bicyclic) bond motifs is 2. The summed E-state index contributed by atoms with van der Waals surface area (Å²) in [4.78, 5) is 20.9. The van der Waals surface area contributed by atoms with E-state index in [0.717, 1.165) is 56.6 Å². The van der Waals surface area contributed by atoms with Crippen LogP contribution in [0.15, 0.2) is 78.0 Å². The molecular formula is C28H30N4O. The molecule has 1 aliphatic heterocycles. The second-order valence-electron chi connectivity index (χ2n) is 8.88. The van der Waals surface area contributed by atoms with Gasteiger partial charge >= 0.3 is 0 Å². The zero-order chi connectivity index (χ0) is 22.5. The number of unbranched alkanes of at least 4 members (excludes halogenated alkanes) is 2. The first-order valence-electron chi connectivity index (χ1n) is 12.0. The first kappa shape index (κ1) is 21.5. The summed E-state index contributed by atoms with van der Waals surface area (Å²) < 4.78 is 0. The summed E-state index contributed by atoms with van der Waals surface area (Å²) in [6, 6.07) is 25.0. The molecule has 0 N–H and O–H groups in total. The average Bonchev–Trinajstić information content (AvgIpc) is 2.88. The maximum atomic E-state index is 11.0. The molecule has 3 aromatic carbocycles. The molecule has 0 radical (unpaired) electrons. The number of aromatic nitrogens is 1. The first-order chi connectivity index (χ1) is 16.3. The van der Waals surface area contributed by atoms with E-state index in [-0.39, 0.29) is 0 Å². The van der Waals surface area contributed by atoms with Crippen molar-refractivity contribution < 1.29 is 0 Å². The Labute approximate surface area is 195 Å². The first-order valence-corrected chi connectivity index (χ1v) is 12.0. The molecule has 168 valence electrons. The van der Waals surface area contributed by atoms with Crippen molar-refractivity contribution in [2.45, 2.75) is 25.7 Å². The third-order valence-corrected chi connectivity index (χ3v) is 6.74. The molecule has 0 bridgehead atoms. The molecule has 5 heteroatoms. The van der Waals surface area contributed by atoms with E-state index in [1.165, 1.54) is 29.3 Å². The Kier molecular flexibility index (Phi) is 6.58. The molecular weight excluding hydrogens is 408 g/mol. The van der Waals surface area contributed by atoms with Crippen molar-refractivity contribution in [1.29, 1.82) is 0 Å². The molecule has 0 aliphatic carbocycles. The van der Waals surface area contributed by atoms with E-state index in [9.17, 15) is 4.91 Å². The Balaban J connectivity index is 1.07. The van der Waals surface area contributed by atoms with Crippen LogP contribution in [0.2, 0.25) is 0 Å². The van der Waals surface area contributed by atoms with E-state index in [2.05, 4.69) is 68.5 Å². The van der Waals surface area contributed by atoms with Gasteiger partial charge in [0, 0.05) is 48.3 Å². The molecule has 2 heterocycles. The maximum Gasteiger partial charge on any atom is 0.134 e. The second kappa shape index (κ2) is 10.1. The summed E-state index contributed by atoms with van der Waals surface area (Å²) in [7, 11) is 0. The molecule has 0 amide bonds. The zero-order valence-electron chi connectivity index (χ0n) is 19.0. The van der Waals surface area contributed by atoms with Gasteiger partial charge in [-0.3, -0.25) is 9.88 Å². The Morgan fingerprint density at radius 1 is 0.758 bits per heavy atom. The van der Waals surface area contributed by atoms with E-state index in [1.54, 1.807) is 6.07 Å². The number of para-hydroxylation sites is 1. The van der Waals surface area contributed by atoms with Gasteiger partial charge in [0.05, 0.1) is 5.52 Å². The number of pyridine rings is 1. The number of piperazine rings is 1. The molecule has 1 aliphatic rings. The van der Waals surface area contributed by atoms with Crippen LogP contribution in [0, 0.1) is 4.91 Å². The third-order valence-electron chi connectivity index (χ3n) is 6.74. The van der Waals surface area contributed by atoms with Crippen LogP contribution in [0.4, 0.5) is 11.4 Å². The van der Waals surface area contributed by atoms with Gasteiger partial charge in [-0.15, -0.1) is 4.91 Å². The van der Waals surface area contributed by atoms with Gasteiger partial charge in [-0.05, 0) is 54.6 Å². The van der Waals surface area contributed by atoms with Crippen molar-refractivity contribution >= 4 is 33.1 Å². The van der Waals surface area contributed by atoms with Crippen LogP contribution in [0.5, 0.6) is 0 Å². The minimum Gasteiger partial charge on any atom is -0.368 e. The predicted octanol–water partition coefficient (Wildman–Crippen LogP) is 6.32. The fraction of sp³-hybridized carbons (Fsp3) is 0.321. The van der Waals surface area contributed by atoms with Crippen LogP contribution in [0.25, 0.3) is 21.7 Å². The lowest BCUT2D eigenvalue weighted by Crippen LogP contribution is -2.46. The number of hydrogen-bond donors (Lipinski definition) is 0. The number of hydrogen-bond acceptors (Lipinski definition) is 5. The summed E-state index contributed by atoms with van der Waals surface area (Å²) in [5.74, 6) is 0. The number of nitroso groups, excluding NO2 is 1.